The van der Waals surface area contributed by atoms with E-state index in [2.05, 4.69) is 28.8 Å². The van der Waals surface area contributed by atoms with Crippen LogP contribution in [0.15, 0.2) is 60.8 Å². The molecule has 0 spiro atoms. The van der Waals surface area contributed by atoms with E-state index in [-0.39, 0.29) is 35.2 Å². The third-order valence-corrected chi connectivity index (χ3v) is 8.57. The van der Waals surface area contributed by atoms with Crippen LogP contribution >= 0.6 is 23.2 Å². The van der Waals surface area contributed by atoms with Gasteiger partial charge in [0.25, 0.3) is 0 Å². The minimum Gasteiger partial charge on any atom is -0.478 e. The van der Waals surface area contributed by atoms with Crippen molar-refractivity contribution in [1.29, 1.82) is 0 Å². The summed E-state index contributed by atoms with van der Waals surface area (Å²) in [5, 5.41) is 10.7. The highest BCUT2D eigenvalue weighted by molar-refractivity contribution is 6.31. The fraction of sp³-hybridized carbons (Fsp3) is 0.273. The zero-order valence-corrected chi connectivity index (χ0v) is 25.8. The number of fused-ring (bicyclic) bond motifs is 1. The van der Waals surface area contributed by atoms with Crippen molar-refractivity contribution in [3.8, 4) is 17.3 Å². The first-order valence-electron chi connectivity index (χ1n) is 14.0. The van der Waals surface area contributed by atoms with Crippen LogP contribution in [0.4, 0.5) is 4.39 Å². The van der Waals surface area contributed by atoms with Gasteiger partial charge >= 0.3 is 12.0 Å². The maximum atomic E-state index is 15.2. The van der Waals surface area contributed by atoms with Gasteiger partial charge in [-0.15, -0.1) is 0 Å². The van der Waals surface area contributed by atoms with Crippen LogP contribution in [-0.4, -0.2) is 43.8 Å². The molecule has 8 nitrogen and oxygen atoms in total. The minimum atomic E-state index is -1.21. The zero-order valence-electron chi connectivity index (χ0n) is 24.3. The molecule has 0 radical (unpaired) electrons. The number of carbonyl (C=O) groups is 1. The largest absolute Gasteiger partial charge is 0.478 e. The van der Waals surface area contributed by atoms with Crippen LogP contribution < -0.4 is 4.74 Å². The van der Waals surface area contributed by atoms with Crippen molar-refractivity contribution in [1.82, 2.24) is 19.5 Å². The predicted molar refractivity (Wildman–Crippen MR) is 166 cm³/mol. The molecule has 1 N–H and O–H groups in total. The molecule has 1 aliphatic heterocycles. The predicted octanol–water partition coefficient (Wildman–Crippen LogP) is 7.71. The van der Waals surface area contributed by atoms with E-state index in [4.69, 9.17) is 32.7 Å². The Kier molecular flexibility index (Phi) is 8.04. The van der Waals surface area contributed by atoms with Gasteiger partial charge in [0.15, 0.2) is 5.82 Å². The number of carboxylic acid groups (broad SMARTS) is 1. The maximum absolute atomic E-state index is 15.2. The fourth-order valence-electron chi connectivity index (χ4n) is 5.59. The number of halogens is 3. The van der Waals surface area contributed by atoms with E-state index in [1.807, 2.05) is 35.8 Å². The van der Waals surface area contributed by atoms with Crippen LogP contribution in [0, 0.1) is 18.2 Å². The molecule has 44 heavy (non-hydrogen) atoms. The standard InChI is InChI=1S/C33H29Cl2FN4O4/c1-18-10-20(24(35)14-23(18)26-8-9-37-32(38-26)44-15-19-4-6-22(34)7-5-19)13-29-39-30-25(36)11-21(31(41)42)12-27(30)40(29)28-16-43-17-33(28,2)3/h4-12,14,28H,13,15-17H2,1-3H3,(H,41,42). The summed E-state index contributed by atoms with van der Waals surface area (Å²) in [6.45, 7) is 7.29. The van der Waals surface area contributed by atoms with Crippen molar-refractivity contribution >= 4 is 40.2 Å². The molecule has 0 aliphatic carbocycles. The number of rotatable bonds is 8. The number of aryl methyl sites for hydroxylation is 1. The molecule has 0 amide bonds. The molecule has 3 aromatic carbocycles. The van der Waals surface area contributed by atoms with E-state index >= 15 is 4.39 Å². The Morgan fingerprint density at radius 2 is 1.91 bits per heavy atom. The van der Waals surface area contributed by atoms with Crippen LogP contribution in [0.5, 0.6) is 6.01 Å². The summed E-state index contributed by atoms with van der Waals surface area (Å²) < 4.78 is 28.7. The smallest absolute Gasteiger partial charge is 0.335 e. The van der Waals surface area contributed by atoms with Crippen LogP contribution in [-0.2, 0) is 17.8 Å². The van der Waals surface area contributed by atoms with Crippen molar-refractivity contribution in [2.75, 3.05) is 13.2 Å². The van der Waals surface area contributed by atoms with Crippen molar-refractivity contribution in [3.63, 3.8) is 0 Å². The quantitative estimate of drug-likeness (QED) is 0.186. The molecule has 0 saturated carbocycles. The third-order valence-electron chi connectivity index (χ3n) is 7.96. The van der Waals surface area contributed by atoms with E-state index < -0.39 is 11.8 Å². The molecule has 11 heteroatoms. The fourth-order valence-corrected chi connectivity index (χ4v) is 5.94. The Morgan fingerprint density at radius 1 is 1.14 bits per heavy atom. The van der Waals surface area contributed by atoms with Crippen LogP contribution in [0.1, 0.15) is 52.8 Å². The molecule has 1 unspecified atom stereocenters. The first-order chi connectivity index (χ1) is 21.0. The number of hydrogen-bond donors (Lipinski definition) is 1. The van der Waals surface area contributed by atoms with Gasteiger partial charge < -0.3 is 19.1 Å². The molecule has 1 saturated heterocycles. The maximum Gasteiger partial charge on any atom is 0.335 e. The third kappa shape index (κ3) is 5.87. The number of aromatic carboxylic acids is 1. The van der Waals surface area contributed by atoms with Gasteiger partial charge in [0.2, 0.25) is 0 Å². The number of benzene rings is 3. The monoisotopic (exact) mass is 634 g/mol. The first-order valence-corrected chi connectivity index (χ1v) is 14.8. The Balaban J connectivity index is 1.34. The minimum absolute atomic E-state index is 0.115. The number of nitrogens with zero attached hydrogens (tertiary/aromatic N) is 4. The highest BCUT2D eigenvalue weighted by Crippen LogP contribution is 2.41. The number of aromatic nitrogens is 4. The lowest BCUT2D eigenvalue weighted by Crippen LogP contribution is -2.27. The topological polar surface area (TPSA) is 99.4 Å². The first kappa shape index (κ1) is 30.0. The number of ether oxygens (including phenoxy) is 2. The Hall–Kier alpha value is -4.05. The molecular formula is C33H29Cl2FN4O4. The van der Waals surface area contributed by atoms with Gasteiger partial charge in [0.05, 0.1) is 36.0 Å². The summed E-state index contributed by atoms with van der Waals surface area (Å²) in [4.78, 5) is 25.3. The molecule has 1 aliphatic rings. The van der Waals surface area contributed by atoms with Crippen molar-refractivity contribution in [3.05, 3.63) is 105 Å². The number of hydrogen-bond acceptors (Lipinski definition) is 6. The second-order valence-corrected chi connectivity index (χ2v) is 12.5. The van der Waals surface area contributed by atoms with Crippen molar-refractivity contribution in [2.24, 2.45) is 5.41 Å². The number of imidazole rings is 1. The molecule has 226 valence electrons. The summed E-state index contributed by atoms with van der Waals surface area (Å²) >= 11 is 12.8. The second kappa shape index (κ2) is 11.8. The van der Waals surface area contributed by atoms with Crippen molar-refractivity contribution < 1.29 is 23.8 Å². The Labute approximate surface area is 263 Å². The van der Waals surface area contributed by atoms with Gasteiger partial charge in [-0.25, -0.2) is 19.2 Å². The van der Waals surface area contributed by atoms with Gasteiger partial charge in [-0.1, -0.05) is 55.2 Å². The molecule has 5 aromatic rings. The number of carboxylic acids is 1. The van der Waals surface area contributed by atoms with Crippen LogP contribution in [0.25, 0.3) is 22.3 Å². The van der Waals surface area contributed by atoms with Gasteiger partial charge in [-0.05, 0) is 60.0 Å². The van der Waals surface area contributed by atoms with E-state index in [0.29, 0.717) is 46.7 Å². The average molecular weight is 636 g/mol. The summed E-state index contributed by atoms with van der Waals surface area (Å²) in [5.74, 6) is -1.33. The van der Waals surface area contributed by atoms with Crippen molar-refractivity contribution in [2.45, 2.75) is 39.8 Å². The van der Waals surface area contributed by atoms with Crippen LogP contribution in [0.3, 0.4) is 0 Å². The summed E-state index contributed by atoms with van der Waals surface area (Å²) in [6, 6.07) is 15.5. The lowest BCUT2D eigenvalue weighted by atomic mass is 9.87. The summed E-state index contributed by atoms with van der Waals surface area (Å²) in [5.41, 5.74) is 4.20. The van der Waals surface area contributed by atoms with E-state index in [1.54, 1.807) is 24.4 Å². The second-order valence-electron chi connectivity index (χ2n) is 11.6. The highest BCUT2D eigenvalue weighted by Gasteiger charge is 2.39. The molecule has 6 rings (SSSR count). The Morgan fingerprint density at radius 3 is 2.61 bits per heavy atom. The van der Waals surface area contributed by atoms with E-state index in [0.717, 1.165) is 28.3 Å². The van der Waals surface area contributed by atoms with Gasteiger partial charge in [-0.3, -0.25) is 0 Å². The van der Waals surface area contributed by atoms with E-state index in [1.165, 1.54) is 6.07 Å². The summed E-state index contributed by atoms with van der Waals surface area (Å²) in [6.07, 6.45) is 1.93. The Bertz CT molecular complexity index is 1890. The average Bonchev–Trinajstić information content (AvgIpc) is 3.52. The molecule has 0 bridgehead atoms. The van der Waals surface area contributed by atoms with Gasteiger partial charge in [0.1, 0.15) is 17.9 Å². The molecule has 1 atom stereocenters. The van der Waals surface area contributed by atoms with Crippen LogP contribution in [0.2, 0.25) is 10.0 Å². The molecule has 2 aromatic heterocycles. The molecule has 3 heterocycles. The highest BCUT2D eigenvalue weighted by atomic mass is 35.5. The zero-order chi connectivity index (χ0) is 31.2. The lowest BCUT2D eigenvalue weighted by Gasteiger charge is -2.28. The molecular weight excluding hydrogens is 606 g/mol. The SMILES string of the molecule is Cc1cc(Cc2nc3c(F)cc(C(=O)O)cc3n2C2COCC2(C)C)c(Cl)cc1-c1ccnc(OCc2ccc(Cl)cc2)n1. The lowest BCUT2D eigenvalue weighted by molar-refractivity contribution is 0.0696. The van der Waals surface area contributed by atoms with E-state index in [9.17, 15) is 9.90 Å². The normalized spacial score (nSPS) is 16.0. The van der Waals surface area contributed by atoms with Gasteiger partial charge in [0, 0.05) is 33.6 Å². The summed E-state index contributed by atoms with van der Waals surface area (Å²) in [7, 11) is 0. The van der Waals surface area contributed by atoms with Gasteiger partial charge in [-0.2, -0.15) is 4.98 Å². The molecule has 1 fully saturated rings.